The Kier molecular flexibility index (Phi) is 19.1. The van der Waals surface area contributed by atoms with E-state index in [0.29, 0.717) is 30.4 Å². The molecule has 2 unspecified atom stereocenters. The standard InChI is InChI=1S/C37H55ClN6O4.C3H8/c1-8-12-33(41-10-3)31(13-11-21-44(22-20-39)34(45)24-47-28-15-16-28)30-17-14-27(38)23-32(30)29(9-2)35(26(4)43(7)25-40-6)42-36(46)48-37(5)18-19-37;1-3-2/h8-10,12,14,17,23,25,28,31,33,35,41H,3-4,11,13,15-16,18-22,24,39H2,1-2,5-7H3,(H,42,46);3H2,1-2H3/b12-8-,29-9+,40-25?;/t31-,33?,35?;/m0./s1. The Morgan fingerprint density at radius 1 is 1.22 bits per heavy atom. The molecule has 2 fully saturated rings. The van der Waals surface area contributed by atoms with E-state index in [4.69, 9.17) is 26.8 Å². The number of carbonyl (C=O) groups excluding carboxylic acids is 2. The van der Waals surface area contributed by atoms with Gasteiger partial charge in [0.2, 0.25) is 5.91 Å². The quantitative estimate of drug-likeness (QED) is 0.0685. The SMILES string of the molecule is C=CNC(/C=C\C)[C@@H](CCCN(CCN)C(=O)COC1CC1)c1ccc(Cl)cc1/C(=C\C)C(NC(=O)OC1(C)CC1)C(=C)N(C)C=NC.CCC. The molecule has 51 heavy (non-hydrogen) atoms. The van der Waals surface area contributed by atoms with Crippen molar-refractivity contribution in [1.29, 1.82) is 0 Å². The van der Waals surface area contributed by atoms with Gasteiger partial charge in [-0.05, 0) is 94.3 Å². The molecule has 284 valence electrons. The summed E-state index contributed by atoms with van der Waals surface area (Å²) in [6.07, 6.45) is 15.5. The summed E-state index contributed by atoms with van der Waals surface area (Å²) in [6, 6.07) is 5.09. The molecule has 3 atom stereocenters. The molecule has 0 heterocycles. The predicted octanol–water partition coefficient (Wildman–Crippen LogP) is 7.42. The fraction of sp³-hybridized carbons (Fsp3) is 0.575. The fourth-order valence-electron chi connectivity index (χ4n) is 5.73. The molecule has 1 aromatic rings. The van der Waals surface area contributed by atoms with Crippen LogP contribution in [-0.2, 0) is 14.3 Å². The lowest BCUT2D eigenvalue weighted by Crippen LogP contribution is -2.43. The number of benzene rings is 1. The van der Waals surface area contributed by atoms with Crippen molar-refractivity contribution in [2.75, 3.05) is 40.3 Å². The van der Waals surface area contributed by atoms with E-state index in [1.165, 1.54) is 6.42 Å². The molecule has 0 spiro atoms. The molecule has 10 nitrogen and oxygen atoms in total. The smallest absolute Gasteiger partial charge is 0.408 e. The molecular formula is C40H63ClN6O4. The number of rotatable bonds is 21. The van der Waals surface area contributed by atoms with E-state index in [1.54, 1.807) is 29.4 Å². The van der Waals surface area contributed by atoms with E-state index < -0.39 is 17.7 Å². The van der Waals surface area contributed by atoms with Crippen LogP contribution in [0.15, 0.2) is 66.5 Å². The number of amides is 2. The minimum atomic E-state index is -0.651. The Labute approximate surface area is 312 Å². The molecule has 11 heteroatoms. The molecule has 0 aromatic heterocycles. The number of ether oxygens (including phenoxy) is 2. The maximum absolute atomic E-state index is 13.3. The second kappa shape index (κ2) is 22.4. The van der Waals surface area contributed by atoms with Gasteiger partial charge in [-0.15, -0.1) is 0 Å². The Hall–Kier alpha value is -3.60. The van der Waals surface area contributed by atoms with Gasteiger partial charge in [-0.25, -0.2) is 4.79 Å². The number of carbonyl (C=O) groups is 2. The number of nitrogens with two attached hydrogens (primary N) is 1. The summed E-state index contributed by atoms with van der Waals surface area (Å²) in [6.45, 7) is 19.9. The van der Waals surface area contributed by atoms with Gasteiger partial charge in [0.05, 0.1) is 24.5 Å². The third-order valence-corrected chi connectivity index (χ3v) is 9.02. The molecule has 2 amide bonds. The average molecular weight is 727 g/mol. The van der Waals surface area contributed by atoms with Crippen LogP contribution in [0.5, 0.6) is 0 Å². The number of halogens is 1. The summed E-state index contributed by atoms with van der Waals surface area (Å²) in [5, 5.41) is 7.07. The third kappa shape index (κ3) is 14.5. The average Bonchev–Trinajstić information content (AvgIpc) is 4.04. The van der Waals surface area contributed by atoms with Gasteiger partial charge in [-0.2, -0.15) is 0 Å². The Bertz CT molecular complexity index is 1370. The van der Waals surface area contributed by atoms with Gasteiger partial charge in [-0.3, -0.25) is 9.79 Å². The molecule has 0 bridgehead atoms. The van der Waals surface area contributed by atoms with Crippen molar-refractivity contribution in [3.8, 4) is 0 Å². The molecular weight excluding hydrogens is 664 g/mol. The summed E-state index contributed by atoms with van der Waals surface area (Å²) < 4.78 is 11.5. The summed E-state index contributed by atoms with van der Waals surface area (Å²) in [5.41, 5.74) is 8.75. The Morgan fingerprint density at radius 3 is 2.45 bits per heavy atom. The highest BCUT2D eigenvalue weighted by Crippen LogP contribution is 2.40. The maximum atomic E-state index is 13.3. The van der Waals surface area contributed by atoms with E-state index >= 15 is 0 Å². The molecule has 3 rings (SSSR count). The number of nitrogens with one attached hydrogen (secondary N) is 2. The van der Waals surface area contributed by atoms with Gasteiger partial charge in [0, 0.05) is 50.4 Å². The molecule has 0 aliphatic heterocycles. The van der Waals surface area contributed by atoms with Crippen molar-refractivity contribution in [3.05, 3.63) is 77.6 Å². The van der Waals surface area contributed by atoms with Crippen LogP contribution in [0.3, 0.4) is 0 Å². The second-order valence-corrected chi connectivity index (χ2v) is 13.9. The highest BCUT2D eigenvalue weighted by molar-refractivity contribution is 6.30. The van der Waals surface area contributed by atoms with Crippen molar-refractivity contribution in [2.45, 2.75) is 109 Å². The number of hydrogen-bond donors (Lipinski definition) is 3. The van der Waals surface area contributed by atoms with Gasteiger partial charge in [0.25, 0.3) is 0 Å². The maximum Gasteiger partial charge on any atom is 0.408 e. The van der Waals surface area contributed by atoms with Crippen molar-refractivity contribution in [3.63, 3.8) is 0 Å². The molecule has 0 saturated heterocycles. The highest BCUT2D eigenvalue weighted by Gasteiger charge is 2.42. The monoisotopic (exact) mass is 726 g/mol. The van der Waals surface area contributed by atoms with Crippen LogP contribution in [0, 0.1) is 0 Å². The normalized spacial score (nSPS) is 16.8. The number of alkyl carbamates (subject to hydrolysis) is 1. The number of allylic oxidation sites excluding steroid dienone is 2. The van der Waals surface area contributed by atoms with E-state index in [2.05, 4.69) is 48.7 Å². The summed E-state index contributed by atoms with van der Waals surface area (Å²) in [7, 11) is 3.52. The lowest BCUT2D eigenvalue weighted by atomic mass is 9.80. The van der Waals surface area contributed by atoms with E-state index in [0.717, 1.165) is 55.2 Å². The van der Waals surface area contributed by atoms with E-state index in [9.17, 15) is 9.59 Å². The molecule has 2 saturated carbocycles. The van der Waals surface area contributed by atoms with Crippen LogP contribution in [-0.4, -0.2) is 92.3 Å². The summed E-state index contributed by atoms with van der Waals surface area (Å²) in [5.74, 6) is -0.110. The van der Waals surface area contributed by atoms with Crippen molar-refractivity contribution in [2.24, 2.45) is 10.7 Å². The molecule has 2 aliphatic carbocycles. The van der Waals surface area contributed by atoms with Gasteiger partial charge < -0.3 is 35.6 Å². The van der Waals surface area contributed by atoms with Gasteiger partial charge in [0.1, 0.15) is 12.2 Å². The van der Waals surface area contributed by atoms with Crippen LogP contribution in [0.4, 0.5) is 4.79 Å². The van der Waals surface area contributed by atoms with Crippen LogP contribution >= 0.6 is 11.6 Å². The zero-order valence-electron chi connectivity index (χ0n) is 32.1. The van der Waals surface area contributed by atoms with Crippen LogP contribution in [0.25, 0.3) is 5.57 Å². The lowest BCUT2D eigenvalue weighted by Gasteiger charge is -2.33. The first kappa shape index (κ1) is 43.6. The first-order valence-electron chi connectivity index (χ1n) is 18.3. The fourth-order valence-corrected chi connectivity index (χ4v) is 5.90. The van der Waals surface area contributed by atoms with Crippen molar-refractivity contribution >= 4 is 35.5 Å². The molecule has 0 radical (unpaired) electrons. The first-order chi connectivity index (χ1) is 24.4. The van der Waals surface area contributed by atoms with Crippen LogP contribution in [0.1, 0.15) is 96.6 Å². The van der Waals surface area contributed by atoms with Crippen LogP contribution < -0.4 is 16.4 Å². The zero-order valence-corrected chi connectivity index (χ0v) is 32.8. The zero-order chi connectivity index (χ0) is 38.0. The van der Waals surface area contributed by atoms with Gasteiger partial charge in [-0.1, -0.05) is 69.3 Å². The van der Waals surface area contributed by atoms with Crippen molar-refractivity contribution < 1.29 is 19.1 Å². The minimum Gasteiger partial charge on any atom is -0.443 e. The second-order valence-electron chi connectivity index (χ2n) is 13.4. The van der Waals surface area contributed by atoms with Gasteiger partial charge in [0.15, 0.2) is 0 Å². The number of likely N-dealkylation sites (N-methyl/N-ethyl adjacent to an activating group) is 1. The van der Waals surface area contributed by atoms with E-state index in [-0.39, 0.29) is 30.6 Å². The van der Waals surface area contributed by atoms with Crippen LogP contribution in [0.2, 0.25) is 5.02 Å². The van der Waals surface area contributed by atoms with Crippen molar-refractivity contribution in [1.82, 2.24) is 20.4 Å². The Balaban J connectivity index is 0.00000290. The number of hydrogen-bond acceptors (Lipinski definition) is 7. The number of nitrogens with zero attached hydrogens (tertiary/aromatic N) is 3. The summed E-state index contributed by atoms with van der Waals surface area (Å²) >= 11 is 6.69. The molecule has 2 aliphatic rings. The summed E-state index contributed by atoms with van der Waals surface area (Å²) in [4.78, 5) is 34.0. The predicted molar refractivity (Wildman–Crippen MR) is 212 cm³/mol. The lowest BCUT2D eigenvalue weighted by molar-refractivity contribution is -0.136. The topological polar surface area (TPSA) is 122 Å². The van der Waals surface area contributed by atoms with Gasteiger partial charge >= 0.3 is 6.09 Å². The molecule has 1 aromatic carbocycles. The number of aliphatic imine (C=N–C) groups is 1. The highest BCUT2D eigenvalue weighted by atomic mass is 35.5. The Morgan fingerprint density at radius 2 is 1.90 bits per heavy atom. The van der Waals surface area contributed by atoms with E-state index in [1.807, 2.05) is 58.2 Å². The third-order valence-electron chi connectivity index (χ3n) is 8.78. The first-order valence-corrected chi connectivity index (χ1v) is 18.7. The largest absolute Gasteiger partial charge is 0.443 e. The minimum absolute atomic E-state index is 0.0411. The molecule has 4 N–H and O–H groups in total.